The van der Waals surface area contributed by atoms with E-state index in [0.29, 0.717) is 34.3 Å². The van der Waals surface area contributed by atoms with Gasteiger partial charge in [-0.3, -0.25) is 9.67 Å². The van der Waals surface area contributed by atoms with Crippen molar-refractivity contribution in [3.63, 3.8) is 0 Å². The summed E-state index contributed by atoms with van der Waals surface area (Å²) >= 11 is 12.4. The number of hydrogen-bond donors (Lipinski definition) is 3. The number of nitrogens with two attached hydrogens (primary N) is 1. The van der Waals surface area contributed by atoms with Crippen molar-refractivity contribution in [2.24, 2.45) is 5.73 Å². The molecule has 3 rings (SSSR count). The molecule has 1 aromatic carbocycles. The molecule has 0 fully saturated rings. The first-order chi connectivity index (χ1) is 15.0. The maximum Gasteiger partial charge on any atom is 0.0676 e. The number of nitrogens with zero attached hydrogens (tertiary/aromatic N) is 3. The summed E-state index contributed by atoms with van der Waals surface area (Å²) in [4.78, 5) is 4.60. The van der Waals surface area contributed by atoms with Gasteiger partial charge < -0.3 is 16.2 Å². The molecular weight excluding hydrogens is 433 g/mol. The Morgan fingerprint density at radius 3 is 2.71 bits per heavy atom. The molecule has 8 heteroatoms. The van der Waals surface area contributed by atoms with E-state index in [-0.39, 0.29) is 6.61 Å². The topological polar surface area (TPSA) is 89.0 Å². The lowest BCUT2D eigenvalue weighted by Gasteiger charge is -2.07. The third-order valence-corrected chi connectivity index (χ3v) is 5.35. The van der Waals surface area contributed by atoms with Crippen LogP contribution in [0.3, 0.4) is 0 Å². The van der Waals surface area contributed by atoms with Crippen molar-refractivity contribution in [2.45, 2.75) is 26.3 Å². The van der Waals surface area contributed by atoms with Crippen molar-refractivity contribution >= 4 is 35.0 Å². The second-order valence-corrected chi connectivity index (χ2v) is 7.70. The molecule has 0 aliphatic rings. The van der Waals surface area contributed by atoms with Gasteiger partial charge in [0.2, 0.25) is 0 Å². The van der Waals surface area contributed by atoms with Crippen LogP contribution in [0.25, 0.3) is 22.9 Å². The lowest BCUT2D eigenvalue weighted by atomic mass is 10.1. The number of hydrogen-bond acceptors (Lipinski definition) is 5. The summed E-state index contributed by atoms with van der Waals surface area (Å²) in [6.45, 7) is 2.93. The highest BCUT2D eigenvalue weighted by molar-refractivity contribution is 6.37. The third-order valence-electron chi connectivity index (χ3n) is 4.72. The molecule has 0 saturated carbocycles. The van der Waals surface area contributed by atoms with Crippen LogP contribution in [0.5, 0.6) is 0 Å². The highest BCUT2D eigenvalue weighted by Crippen LogP contribution is 2.28. The number of pyridine rings is 1. The maximum absolute atomic E-state index is 8.97. The van der Waals surface area contributed by atoms with Gasteiger partial charge in [0.1, 0.15) is 0 Å². The molecule has 0 aliphatic carbocycles. The molecule has 0 unspecified atom stereocenters. The molecule has 0 atom stereocenters. The predicted molar refractivity (Wildman–Crippen MR) is 127 cm³/mol. The first kappa shape index (κ1) is 22.9. The zero-order valence-corrected chi connectivity index (χ0v) is 18.7. The number of rotatable bonds is 9. The van der Waals surface area contributed by atoms with Gasteiger partial charge in [-0.1, -0.05) is 36.2 Å². The number of aromatic nitrogens is 3. The van der Waals surface area contributed by atoms with Crippen molar-refractivity contribution < 1.29 is 5.11 Å². The molecule has 0 amide bonds. The Bertz CT molecular complexity index is 1070. The number of nitrogens with one attached hydrogen (secondary N) is 1. The lowest BCUT2D eigenvalue weighted by Crippen LogP contribution is -2.04. The molecule has 4 N–H and O–H groups in total. The average molecular weight is 458 g/mol. The molecule has 0 spiro atoms. The monoisotopic (exact) mass is 457 g/mol. The van der Waals surface area contributed by atoms with E-state index >= 15 is 0 Å². The fourth-order valence-electron chi connectivity index (χ4n) is 3.09. The second-order valence-electron chi connectivity index (χ2n) is 6.89. The van der Waals surface area contributed by atoms with Crippen LogP contribution in [0.1, 0.15) is 30.2 Å². The van der Waals surface area contributed by atoms with Crippen molar-refractivity contribution in [1.82, 2.24) is 20.1 Å². The van der Waals surface area contributed by atoms with E-state index in [9.17, 15) is 0 Å². The van der Waals surface area contributed by atoms with Gasteiger partial charge in [-0.2, -0.15) is 5.10 Å². The summed E-state index contributed by atoms with van der Waals surface area (Å²) in [7, 11) is 0. The molecule has 0 saturated heterocycles. The van der Waals surface area contributed by atoms with Crippen molar-refractivity contribution in [3.05, 3.63) is 82.1 Å². The Kier molecular flexibility index (Phi) is 8.12. The SMILES string of the molecule is CCc1cc(-c2cnn(CCCO)c2)cnc1/C=C\N/C=C(\N)c1c(Cl)cccc1Cl. The van der Waals surface area contributed by atoms with Crippen LogP contribution in [0.15, 0.2) is 55.3 Å². The van der Waals surface area contributed by atoms with Gasteiger partial charge >= 0.3 is 0 Å². The standard InChI is InChI=1S/C23H25Cl2N5O/c1-2-16-11-17(18-13-29-30(15-18)9-4-10-31)12-28-22(16)7-8-27-14-21(26)23-19(24)5-3-6-20(23)25/h3,5-8,11-15,27,31H,2,4,9-10,26H2,1H3/b8-7-,21-14-. The van der Waals surface area contributed by atoms with E-state index < -0.39 is 0 Å². The van der Waals surface area contributed by atoms with Gasteiger partial charge in [0.05, 0.1) is 27.6 Å². The van der Waals surface area contributed by atoms with Gasteiger partial charge in [0.25, 0.3) is 0 Å². The number of benzene rings is 1. The van der Waals surface area contributed by atoms with Crippen LogP contribution >= 0.6 is 23.2 Å². The quantitative estimate of drug-likeness (QED) is 0.432. The van der Waals surface area contributed by atoms with Crippen LogP contribution < -0.4 is 11.1 Å². The zero-order chi connectivity index (χ0) is 22.2. The molecule has 0 bridgehead atoms. The predicted octanol–water partition coefficient (Wildman–Crippen LogP) is 4.71. The van der Waals surface area contributed by atoms with E-state index in [4.69, 9.17) is 34.0 Å². The average Bonchev–Trinajstić information content (AvgIpc) is 3.24. The second kappa shape index (κ2) is 11.0. The van der Waals surface area contributed by atoms with Gasteiger partial charge in [-0.15, -0.1) is 0 Å². The smallest absolute Gasteiger partial charge is 0.0676 e. The summed E-state index contributed by atoms with van der Waals surface area (Å²) in [5.74, 6) is 0. The Labute approximate surface area is 192 Å². The molecule has 0 aliphatic heterocycles. The summed E-state index contributed by atoms with van der Waals surface area (Å²) in [6.07, 6.45) is 12.4. The summed E-state index contributed by atoms with van der Waals surface area (Å²) < 4.78 is 1.83. The molecule has 2 heterocycles. The van der Waals surface area contributed by atoms with Crippen molar-refractivity contribution in [3.8, 4) is 11.1 Å². The Morgan fingerprint density at radius 1 is 1.23 bits per heavy atom. The number of aryl methyl sites for hydroxylation is 2. The van der Waals surface area contributed by atoms with Gasteiger partial charge in [-0.25, -0.2) is 0 Å². The molecule has 0 radical (unpaired) electrons. The van der Waals surface area contributed by atoms with E-state index in [1.54, 1.807) is 30.6 Å². The largest absolute Gasteiger partial charge is 0.397 e. The summed E-state index contributed by atoms with van der Waals surface area (Å²) in [5.41, 5.74) is 11.1. The van der Waals surface area contributed by atoms with Gasteiger partial charge in [0.15, 0.2) is 0 Å². The summed E-state index contributed by atoms with van der Waals surface area (Å²) in [6, 6.07) is 7.38. The fraction of sp³-hybridized carbons (Fsp3) is 0.217. The zero-order valence-electron chi connectivity index (χ0n) is 17.2. The molecule has 2 aromatic heterocycles. The molecule has 162 valence electrons. The Morgan fingerprint density at radius 2 is 2.00 bits per heavy atom. The molecule has 3 aromatic rings. The fourth-order valence-corrected chi connectivity index (χ4v) is 3.71. The Hall–Kier alpha value is -2.80. The highest BCUT2D eigenvalue weighted by atomic mass is 35.5. The van der Waals surface area contributed by atoms with Crippen LogP contribution in [0.4, 0.5) is 0 Å². The first-order valence-corrected chi connectivity index (χ1v) is 10.7. The van der Waals surface area contributed by atoms with E-state index in [0.717, 1.165) is 28.8 Å². The van der Waals surface area contributed by atoms with E-state index in [1.807, 2.05) is 29.3 Å². The third kappa shape index (κ3) is 5.88. The number of aliphatic hydroxyl groups excluding tert-OH is 1. The maximum atomic E-state index is 8.97. The highest BCUT2D eigenvalue weighted by Gasteiger charge is 2.08. The van der Waals surface area contributed by atoms with Crippen LogP contribution in [-0.4, -0.2) is 26.5 Å². The minimum absolute atomic E-state index is 0.151. The minimum Gasteiger partial charge on any atom is -0.397 e. The van der Waals surface area contributed by atoms with Crippen molar-refractivity contribution in [2.75, 3.05) is 6.61 Å². The molecule has 6 nitrogen and oxygen atoms in total. The van der Waals surface area contributed by atoms with Crippen LogP contribution in [0.2, 0.25) is 10.0 Å². The van der Waals surface area contributed by atoms with Crippen molar-refractivity contribution in [1.29, 1.82) is 0 Å². The first-order valence-electron chi connectivity index (χ1n) is 9.98. The summed E-state index contributed by atoms with van der Waals surface area (Å²) in [5, 5.41) is 17.3. The molecular formula is C23H25Cl2N5O. The van der Waals surface area contributed by atoms with Crippen LogP contribution in [-0.2, 0) is 13.0 Å². The Balaban J connectivity index is 1.71. The number of aliphatic hydroxyl groups is 1. The van der Waals surface area contributed by atoms with E-state index in [1.165, 1.54) is 0 Å². The van der Waals surface area contributed by atoms with Gasteiger partial charge in [0, 0.05) is 54.6 Å². The van der Waals surface area contributed by atoms with Gasteiger partial charge in [-0.05, 0) is 42.7 Å². The normalized spacial score (nSPS) is 11.9. The molecule has 31 heavy (non-hydrogen) atoms. The van der Waals surface area contributed by atoms with Crippen LogP contribution in [0, 0.1) is 0 Å². The number of halogens is 2. The van der Waals surface area contributed by atoms with E-state index in [2.05, 4.69) is 28.4 Å². The lowest BCUT2D eigenvalue weighted by molar-refractivity contribution is 0.277. The minimum atomic E-state index is 0.151.